The minimum absolute atomic E-state index is 0.0284. The van der Waals surface area contributed by atoms with Gasteiger partial charge in [-0.15, -0.1) is 0 Å². The van der Waals surface area contributed by atoms with Gasteiger partial charge in [-0.05, 0) is 42.0 Å². The van der Waals surface area contributed by atoms with Gasteiger partial charge in [0.25, 0.3) is 0 Å². The SMILES string of the molecule is CC(=O)Nc1cc(Oc2ccc(NC(=O)Cc3ccc(O)c(Cl)c3)cc2)ncn1. The molecule has 0 aliphatic carbocycles. The Morgan fingerprint density at radius 2 is 1.83 bits per heavy atom. The number of amides is 2. The molecular formula is C20H17ClN4O4. The Bertz CT molecular complexity index is 1040. The lowest BCUT2D eigenvalue weighted by molar-refractivity contribution is -0.116. The number of anilines is 2. The topological polar surface area (TPSA) is 113 Å². The molecule has 3 aromatic rings. The highest BCUT2D eigenvalue weighted by atomic mass is 35.5. The van der Waals surface area contributed by atoms with E-state index in [1.807, 2.05) is 0 Å². The van der Waals surface area contributed by atoms with Crippen molar-refractivity contribution in [1.82, 2.24) is 9.97 Å². The monoisotopic (exact) mass is 412 g/mol. The van der Waals surface area contributed by atoms with Crippen LogP contribution >= 0.6 is 11.6 Å². The van der Waals surface area contributed by atoms with Crippen LogP contribution in [0.15, 0.2) is 54.9 Å². The van der Waals surface area contributed by atoms with E-state index in [1.54, 1.807) is 36.4 Å². The fraction of sp³-hybridized carbons (Fsp3) is 0.100. The van der Waals surface area contributed by atoms with Crippen LogP contribution in [0.4, 0.5) is 11.5 Å². The van der Waals surface area contributed by atoms with E-state index in [0.29, 0.717) is 22.8 Å². The predicted molar refractivity (Wildman–Crippen MR) is 108 cm³/mol. The summed E-state index contributed by atoms with van der Waals surface area (Å²) in [5, 5.41) is 14.9. The fourth-order valence-electron chi connectivity index (χ4n) is 2.42. The number of benzene rings is 2. The summed E-state index contributed by atoms with van der Waals surface area (Å²) in [6.45, 7) is 1.38. The molecule has 9 heteroatoms. The van der Waals surface area contributed by atoms with Gasteiger partial charge in [0, 0.05) is 18.7 Å². The first-order valence-electron chi connectivity index (χ1n) is 8.54. The van der Waals surface area contributed by atoms with Crippen molar-refractivity contribution in [2.24, 2.45) is 0 Å². The van der Waals surface area contributed by atoms with E-state index in [2.05, 4.69) is 20.6 Å². The standard InChI is InChI=1S/C20H17ClN4O4/c1-12(26)24-18-10-20(23-11-22-18)29-15-5-3-14(4-6-15)25-19(28)9-13-2-7-17(27)16(21)8-13/h2-8,10-11,27H,9H2,1H3,(H,25,28)(H,22,23,24,26). The van der Waals surface area contributed by atoms with Gasteiger partial charge in [0.05, 0.1) is 11.4 Å². The Morgan fingerprint density at radius 3 is 2.52 bits per heavy atom. The molecule has 2 amide bonds. The molecular weight excluding hydrogens is 396 g/mol. The Morgan fingerprint density at radius 1 is 1.07 bits per heavy atom. The normalized spacial score (nSPS) is 10.3. The van der Waals surface area contributed by atoms with Gasteiger partial charge in [0.1, 0.15) is 23.6 Å². The van der Waals surface area contributed by atoms with Crippen LogP contribution in [0, 0.1) is 0 Å². The molecule has 148 valence electrons. The average Bonchev–Trinajstić information content (AvgIpc) is 2.66. The van der Waals surface area contributed by atoms with Gasteiger partial charge in [-0.25, -0.2) is 9.97 Å². The number of hydrogen-bond acceptors (Lipinski definition) is 6. The highest BCUT2D eigenvalue weighted by Gasteiger charge is 2.08. The zero-order valence-corrected chi connectivity index (χ0v) is 16.1. The Labute approximate surface area is 171 Å². The molecule has 0 bridgehead atoms. The third-order valence-electron chi connectivity index (χ3n) is 3.68. The third-order valence-corrected chi connectivity index (χ3v) is 3.99. The maximum Gasteiger partial charge on any atom is 0.228 e. The molecule has 3 N–H and O–H groups in total. The van der Waals surface area contributed by atoms with E-state index >= 15 is 0 Å². The third kappa shape index (κ3) is 5.91. The van der Waals surface area contributed by atoms with Gasteiger partial charge in [0.2, 0.25) is 17.7 Å². The van der Waals surface area contributed by atoms with E-state index in [1.165, 1.54) is 25.4 Å². The first-order valence-corrected chi connectivity index (χ1v) is 8.91. The van der Waals surface area contributed by atoms with Crippen molar-refractivity contribution >= 4 is 34.9 Å². The molecule has 0 saturated carbocycles. The number of carbonyl (C=O) groups is 2. The molecule has 1 aromatic heterocycles. The lowest BCUT2D eigenvalue weighted by atomic mass is 10.1. The van der Waals surface area contributed by atoms with Crippen molar-refractivity contribution in [3.05, 3.63) is 65.4 Å². The Hall–Kier alpha value is -3.65. The summed E-state index contributed by atoms with van der Waals surface area (Å²) in [4.78, 5) is 31.2. The lowest BCUT2D eigenvalue weighted by Gasteiger charge is -2.09. The van der Waals surface area contributed by atoms with Crippen molar-refractivity contribution in [3.63, 3.8) is 0 Å². The Balaban J connectivity index is 1.59. The number of nitrogens with zero attached hydrogens (tertiary/aromatic N) is 2. The van der Waals surface area contributed by atoms with Crippen molar-refractivity contribution in [2.45, 2.75) is 13.3 Å². The maximum absolute atomic E-state index is 12.2. The number of aromatic hydroxyl groups is 1. The predicted octanol–water partition coefficient (Wildman–Crippen LogP) is 3.77. The van der Waals surface area contributed by atoms with Gasteiger partial charge in [0.15, 0.2) is 0 Å². The van der Waals surface area contributed by atoms with Crippen LogP contribution in [-0.2, 0) is 16.0 Å². The molecule has 0 fully saturated rings. The molecule has 2 aromatic carbocycles. The van der Waals surface area contributed by atoms with Gasteiger partial charge in [-0.2, -0.15) is 0 Å². The summed E-state index contributed by atoms with van der Waals surface area (Å²) >= 11 is 5.85. The minimum Gasteiger partial charge on any atom is -0.506 e. The van der Waals surface area contributed by atoms with Gasteiger partial charge >= 0.3 is 0 Å². The molecule has 0 spiro atoms. The Kier molecular flexibility index (Phi) is 6.25. The van der Waals surface area contributed by atoms with E-state index in [4.69, 9.17) is 16.3 Å². The van der Waals surface area contributed by atoms with Gasteiger partial charge in [-0.3, -0.25) is 9.59 Å². The second-order valence-electron chi connectivity index (χ2n) is 6.06. The summed E-state index contributed by atoms with van der Waals surface area (Å²) in [5.41, 5.74) is 1.28. The van der Waals surface area contributed by atoms with Gasteiger partial charge < -0.3 is 20.5 Å². The highest BCUT2D eigenvalue weighted by Crippen LogP contribution is 2.25. The molecule has 0 aliphatic rings. The molecule has 1 heterocycles. The van der Waals surface area contributed by atoms with Crippen LogP contribution in [0.25, 0.3) is 0 Å². The molecule has 0 atom stereocenters. The molecule has 0 radical (unpaired) electrons. The van der Waals surface area contributed by atoms with Gasteiger partial charge in [-0.1, -0.05) is 17.7 Å². The average molecular weight is 413 g/mol. The molecule has 0 saturated heterocycles. The first kappa shape index (κ1) is 20.1. The summed E-state index contributed by atoms with van der Waals surface area (Å²) < 4.78 is 5.63. The highest BCUT2D eigenvalue weighted by molar-refractivity contribution is 6.32. The van der Waals surface area contributed by atoms with Crippen LogP contribution < -0.4 is 15.4 Å². The number of hydrogen-bond donors (Lipinski definition) is 3. The van der Waals surface area contributed by atoms with Crippen LogP contribution in [0.3, 0.4) is 0 Å². The number of nitrogens with one attached hydrogen (secondary N) is 2. The zero-order valence-electron chi connectivity index (χ0n) is 15.3. The number of aromatic nitrogens is 2. The van der Waals surface area contributed by atoms with E-state index in [9.17, 15) is 14.7 Å². The van der Waals surface area contributed by atoms with Crippen LogP contribution in [0.5, 0.6) is 17.4 Å². The van der Waals surface area contributed by atoms with E-state index in [0.717, 1.165) is 0 Å². The number of phenols is 1. The smallest absolute Gasteiger partial charge is 0.228 e. The molecule has 8 nitrogen and oxygen atoms in total. The number of ether oxygens (including phenoxy) is 1. The maximum atomic E-state index is 12.2. The summed E-state index contributed by atoms with van der Waals surface area (Å²) in [6, 6.07) is 12.8. The second-order valence-corrected chi connectivity index (χ2v) is 6.47. The number of halogens is 1. The number of rotatable bonds is 6. The number of phenolic OH excluding ortho intramolecular Hbond substituents is 1. The largest absolute Gasteiger partial charge is 0.506 e. The van der Waals surface area contributed by atoms with Crippen LogP contribution in [0.1, 0.15) is 12.5 Å². The fourth-order valence-corrected chi connectivity index (χ4v) is 2.63. The number of carbonyl (C=O) groups excluding carboxylic acids is 2. The summed E-state index contributed by atoms with van der Waals surface area (Å²) in [6.07, 6.45) is 1.40. The molecule has 3 rings (SSSR count). The lowest BCUT2D eigenvalue weighted by Crippen LogP contribution is -2.14. The molecule has 29 heavy (non-hydrogen) atoms. The van der Waals surface area contributed by atoms with Crippen molar-refractivity contribution in [3.8, 4) is 17.4 Å². The summed E-state index contributed by atoms with van der Waals surface area (Å²) in [7, 11) is 0. The van der Waals surface area contributed by atoms with Crippen molar-refractivity contribution in [1.29, 1.82) is 0 Å². The minimum atomic E-state index is -0.246. The zero-order chi connectivity index (χ0) is 20.8. The summed E-state index contributed by atoms with van der Waals surface area (Å²) in [5.74, 6) is 0.603. The molecule has 0 aliphatic heterocycles. The van der Waals surface area contributed by atoms with E-state index in [-0.39, 0.29) is 34.9 Å². The van der Waals surface area contributed by atoms with Crippen molar-refractivity contribution < 1.29 is 19.4 Å². The van der Waals surface area contributed by atoms with Crippen LogP contribution in [0.2, 0.25) is 5.02 Å². The second kappa shape index (κ2) is 9.03. The van der Waals surface area contributed by atoms with Crippen molar-refractivity contribution in [2.75, 3.05) is 10.6 Å². The van der Waals surface area contributed by atoms with E-state index < -0.39 is 0 Å². The first-order chi connectivity index (χ1) is 13.9. The molecule has 0 unspecified atom stereocenters. The quantitative estimate of drug-likeness (QED) is 0.568. The van der Waals surface area contributed by atoms with Crippen LogP contribution in [-0.4, -0.2) is 26.9 Å².